The van der Waals surface area contributed by atoms with Gasteiger partial charge in [0.15, 0.2) is 0 Å². The molecule has 0 atom stereocenters. The van der Waals surface area contributed by atoms with Crippen LogP contribution in [0.1, 0.15) is 0 Å². The molecule has 0 saturated carbocycles. The van der Waals surface area contributed by atoms with Crippen LogP contribution >= 0.6 is 0 Å². The van der Waals surface area contributed by atoms with Gasteiger partial charge in [-0.1, -0.05) is 0 Å². The number of furan rings is 1. The van der Waals surface area contributed by atoms with E-state index in [0.29, 0.717) is 0 Å². The van der Waals surface area contributed by atoms with Gasteiger partial charge in [0.25, 0.3) is 0 Å². The van der Waals surface area contributed by atoms with E-state index >= 15 is 0 Å². The Balaban J connectivity index is 0.00000169. The molecule has 0 N–H and O–H groups in total. The molecular weight excluding hydrogens is 535 g/mol. The monoisotopic (exact) mass is 555 g/mol. The van der Waals surface area contributed by atoms with Crippen molar-refractivity contribution in [2.75, 3.05) is 0 Å². The number of rotatable bonds is 2. The summed E-state index contributed by atoms with van der Waals surface area (Å²) in [6.45, 7) is 0. The van der Waals surface area contributed by atoms with E-state index in [4.69, 9.17) is 4.42 Å². The van der Waals surface area contributed by atoms with Crippen molar-refractivity contribution < 1.29 is 24.5 Å². The molecular formula is C20H18GeIrNO-. The predicted octanol–water partition coefficient (Wildman–Crippen LogP) is 4.99. The molecule has 2 aromatic heterocycles. The molecule has 4 aromatic rings. The molecule has 0 amide bonds. The maximum Gasteiger partial charge on any atom is 0 e. The number of benzene rings is 2. The van der Waals surface area contributed by atoms with Crippen molar-refractivity contribution in [1.82, 2.24) is 4.98 Å². The molecule has 1 radical (unpaired) electrons. The van der Waals surface area contributed by atoms with Crippen molar-refractivity contribution in [3.05, 3.63) is 60.8 Å². The van der Waals surface area contributed by atoms with Gasteiger partial charge in [0, 0.05) is 20.1 Å². The van der Waals surface area contributed by atoms with E-state index in [2.05, 4.69) is 46.5 Å². The van der Waals surface area contributed by atoms with E-state index in [9.17, 15) is 0 Å². The molecule has 0 saturated heterocycles. The van der Waals surface area contributed by atoms with Crippen LogP contribution in [0.2, 0.25) is 17.3 Å². The first kappa shape index (κ1) is 17.4. The average Bonchev–Trinajstić information content (AvgIpc) is 2.93. The normalized spacial score (nSPS) is 11.6. The molecule has 0 aliphatic carbocycles. The Hall–Kier alpha value is -1.42. The minimum Gasteiger partial charge on any atom is 0 e. The molecule has 4 rings (SSSR count). The van der Waals surface area contributed by atoms with Gasteiger partial charge in [-0.3, -0.25) is 0 Å². The summed E-state index contributed by atoms with van der Waals surface area (Å²) in [6.07, 6.45) is 1.86. The van der Waals surface area contributed by atoms with Gasteiger partial charge in [0.2, 0.25) is 0 Å². The quantitative estimate of drug-likeness (QED) is 0.259. The molecule has 4 heteroatoms. The smallest absolute Gasteiger partial charge is 0 e. The third-order valence-electron chi connectivity index (χ3n) is 4.19. The van der Waals surface area contributed by atoms with Crippen LogP contribution in [0.15, 0.2) is 59.1 Å². The number of para-hydroxylation sites is 1. The van der Waals surface area contributed by atoms with Crippen molar-refractivity contribution in [2.45, 2.75) is 17.3 Å². The topological polar surface area (TPSA) is 26.0 Å². The predicted molar refractivity (Wildman–Crippen MR) is 98.8 cm³/mol. The van der Waals surface area contributed by atoms with Gasteiger partial charge in [0.05, 0.1) is 0 Å². The third-order valence-corrected chi connectivity index (χ3v) is 8.40. The van der Waals surface area contributed by atoms with Crippen LogP contribution in [0.25, 0.3) is 33.2 Å². The van der Waals surface area contributed by atoms with Crippen LogP contribution < -0.4 is 4.40 Å². The maximum atomic E-state index is 6.36. The largest absolute Gasteiger partial charge is 0 e. The van der Waals surface area contributed by atoms with Crippen LogP contribution in [-0.2, 0) is 20.1 Å². The van der Waals surface area contributed by atoms with E-state index in [0.717, 1.165) is 27.8 Å². The van der Waals surface area contributed by atoms with E-state index in [1.165, 1.54) is 9.78 Å². The van der Waals surface area contributed by atoms with Crippen molar-refractivity contribution in [3.63, 3.8) is 0 Å². The Bertz CT molecular complexity index is 1000. The fraction of sp³-hybridized carbons (Fsp3) is 0.150. The van der Waals surface area contributed by atoms with Gasteiger partial charge in [-0.05, 0) is 0 Å². The molecule has 0 spiro atoms. The number of fused-ring (bicyclic) bond motifs is 3. The van der Waals surface area contributed by atoms with E-state index in [1.807, 2.05) is 36.5 Å². The molecule has 0 aliphatic rings. The minimum atomic E-state index is -2.01. The molecule has 0 aliphatic heterocycles. The van der Waals surface area contributed by atoms with E-state index < -0.39 is 13.3 Å². The Labute approximate surface area is 158 Å². The second kappa shape index (κ2) is 6.47. The first-order valence-electron chi connectivity index (χ1n) is 7.83. The molecule has 123 valence electrons. The Morgan fingerprint density at radius 3 is 2.42 bits per heavy atom. The second-order valence-corrected chi connectivity index (χ2v) is 17.4. The van der Waals surface area contributed by atoms with Crippen LogP contribution in [0, 0.1) is 6.07 Å². The first-order valence-corrected chi connectivity index (χ1v) is 15.2. The number of nitrogens with zero attached hydrogens (tertiary/aromatic N) is 1. The molecule has 2 heterocycles. The first-order chi connectivity index (χ1) is 11.1. The summed E-state index contributed by atoms with van der Waals surface area (Å²) in [6, 6.07) is 19.7. The van der Waals surface area contributed by atoms with Gasteiger partial charge in [-0.25, -0.2) is 0 Å². The summed E-state index contributed by atoms with van der Waals surface area (Å²) >= 11 is -2.01. The van der Waals surface area contributed by atoms with E-state index in [-0.39, 0.29) is 20.1 Å². The van der Waals surface area contributed by atoms with Crippen LogP contribution in [-0.4, -0.2) is 18.3 Å². The van der Waals surface area contributed by atoms with Crippen molar-refractivity contribution in [3.8, 4) is 11.3 Å². The number of hydrogen-bond donors (Lipinski definition) is 0. The summed E-state index contributed by atoms with van der Waals surface area (Å²) in [5.41, 5.74) is 3.74. The van der Waals surface area contributed by atoms with Gasteiger partial charge >= 0.3 is 138 Å². The molecule has 2 aromatic carbocycles. The van der Waals surface area contributed by atoms with E-state index in [1.54, 1.807) is 0 Å². The van der Waals surface area contributed by atoms with Gasteiger partial charge in [0.1, 0.15) is 0 Å². The summed E-state index contributed by atoms with van der Waals surface area (Å²) < 4.78 is 7.76. The van der Waals surface area contributed by atoms with Crippen LogP contribution in [0.4, 0.5) is 0 Å². The van der Waals surface area contributed by atoms with Crippen molar-refractivity contribution >= 4 is 39.6 Å². The fourth-order valence-electron chi connectivity index (χ4n) is 3.05. The number of aromatic nitrogens is 1. The van der Waals surface area contributed by atoms with Gasteiger partial charge in [-0.15, -0.1) is 0 Å². The molecule has 0 unspecified atom stereocenters. The van der Waals surface area contributed by atoms with Gasteiger partial charge < -0.3 is 0 Å². The summed E-state index contributed by atoms with van der Waals surface area (Å²) in [4.78, 5) is 4.55. The third kappa shape index (κ3) is 2.85. The SMILES string of the molecule is [CH3][Ge]([CH3])([CH3])[c]1cccc2c1oc1c(-c3[c-]cccc3)nccc12.[Ir]. The molecule has 0 bridgehead atoms. The Morgan fingerprint density at radius 1 is 0.917 bits per heavy atom. The summed E-state index contributed by atoms with van der Waals surface area (Å²) in [5, 5.41) is 2.33. The van der Waals surface area contributed by atoms with Crippen molar-refractivity contribution in [1.29, 1.82) is 0 Å². The zero-order valence-corrected chi connectivity index (χ0v) is 18.4. The average molecular weight is 553 g/mol. The summed E-state index contributed by atoms with van der Waals surface area (Å²) in [5.74, 6) is 7.18. The fourth-order valence-corrected chi connectivity index (χ4v) is 6.12. The van der Waals surface area contributed by atoms with Crippen LogP contribution in [0.5, 0.6) is 0 Å². The maximum absolute atomic E-state index is 6.36. The van der Waals surface area contributed by atoms with Crippen LogP contribution in [0.3, 0.4) is 0 Å². The second-order valence-electron chi connectivity index (χ2n) is 6.85. The molecule has 2 nitrogen and oxygen atoms in total. The number of hydrogen-bond acceptors (Lipinski definition) is 2. The Kier molecular flexibility index (Phi) is 4.69. The summed E-state index contributed by atoms with van der Waals surface area (Å²) in [7, 11) is 0. The van der Waals surface area contributed by atoms with Crippen molar-refractivity contribution in [2.24, 2.45) is 0 Å². The standard InChI is InChI=1S/C20H18GeNO.Ir/c1-21(2,3)17-11-7-10-15-16-12-13-22-18(20(16)23-19(15)17)14-8-5-4-6-9-14;/h4-8,10-13H,1-3H3;/q-1;. The molecule has 0 fully saturated rings. The minimum absolute atomic E-state index is 0. The molecule has 24 heavy (non-hydrogen) atoms. The Morgan fingerprint density at radius 2 is 1.71 bits per heavy atom. The number of pyridine rings is 1. The van der Waals surface area contributed by atoms with Gasteiger partial charge in [-0.2, -0.15) is 0 Å². The zero-order valence-electron chi connectivity index (χ0n) is 13.9. The zero-order chi connectivity index (χ0) is 16.0.